The second-order valence-electron chi connectivity index (χ2n) is 4.56. The van der Waals surface area contributed by atoms with Crippen LogP contribution in [-0.4, -0.2) is 22.1 Å². The van der Waals surface area contributed by atoms with E-state index >= 15 is 0 Å². The summed E-state index contributed by atoms with van der Waals surface area (Å²) in [5, 5.41) is 18.0. The lowest BCUT2D eigenvalue weighted by molar-refractivity contribution is -0.120. The molecule has 0 bridgehead atoms. The fraction of sp³-hybridized carbons (Fsp3) is 0.214. The summed E-state index contributed by atoms with van der Waals surface area (Å²) in [6.45, 7) is 2.12. The van der Waals surface area contributed by atoms with Crippen LogP contribution in [0, 0.1) is 6.92 Å². The van der Waals surface area contributed by atoms with Gasteiger partial charge in [0.1, 0.15) is 11.5 Å². The van der Waals surface area contributed by atoms with Gasteiger partial charge < -0.3 is 20.8 Å². The van der Waals surface area contributed by atoms with Gasteiger partial charge in [-0.2, -0.15) is 0 Å². The van der Waals surface area contributed by atoms with Crippen molar-refractivity contribution in [2.75, 3.05) is 0 Å². The first-order valence-corrected chi connectivity index (χ1v) is 6.34. The lowest BCUT2D eigenvalue weighted by Gasteiger charge is -2.04. The Kier molecular flexibility index (Phi) is 4.55. The van der Waals surface area contributed by atoms with E-state index in [-0.39, 0.29) is 18.2 Å². The van der Waals surface area contributed by atoms with Crippen molar-refractivity contribution in [3.8, 4) is 0 Å². The summed E-state index contributed by atoms with van der Waals surface area (Å²) in [6.07, 6.45) is 0.243. The van der Waals surface area contributed by atoms with E-state index in [2.05, 4.69) is 15.6 Å². The minimum atomic E-state index is -0.118. The smallest absolute Gasteiger partial charge is 0.224 e. The normalized spacial score (nSPS) is 11.4. The molecule has 1 aromatic carbocycles. The van der Waals surface area contributed by atoms with E-state index < -0.39 is 0 Å². The summed E-state index contributed by atoms with van der Waals surface area (Å²) >= 11 is 0. The predicted molar refractivity (Wildman–Crippen MR) is 75.7 cm³/mol. The number of nitrogens with two attached hydrogens (primary N) is 1. The maximum atomic E-state index is 11.8. The van der Waals surface area contributed by atoms with Gasteiger partial charge in [-0.25, -0.2) is 0 Å². The number of aromatic nitrogens is 1. The Balaban J connectivity index is 1.87. The zero-order valence-corrected chi connectivity index (χ0v) is 11.5. The number of nitrogens with one attached hydrogen (secondary N) is 1. The number of aryl methyl sites for hydroxylation is 1. The maximum absolute atomic E-state index is 11.8. The quantitative estimate of drug-likeness (QED) is 0.328. The average molecular weight is 288 g/mol. The SMILES string of the molecule is Cc1cc(CNC(=O)Cc2ccc(C(N)=NO)cc2)no1. The summed E-state index contributed by atoms with van der Waals surface area (Å²) in [7, 11) is 0. The molecule has 0 aliphatic heterocycles. The van der Waals surface area contributed by atoms with Gasteiger partial charge in [-0.1, -0.05) is 34.6 Å². The highest BCUT2D eigenvalue weighted by atomic mass is 16.5. The minimum Gasteiger partial charge on any atom is -0.409 e. The van der Waals surface area contributed by atoms with Gasteiger partial charge in [0.05, 0.1) is 13.0 Å². The Labute approximate surface area is 121 Å². The van der Waals surface area contributed by atoms with Gasteiger partial charge in [-0.15, -0.1) is 0 Å². The standard InChI is InChI=1S/C14H16N4O3/c1-9-6-12(18-21-9)8-16-13(19)7-10-2-4-11(5-3-10)14(15)17-20/h2-6,20H,7-8H2,1H3,(H2,15,17)(H,16,19). The van der Waals surface area contributed by atoms with E-state index in [1.54, 1.807) is 37.3 Å². The molecule has 21 heavy (non-hydrogen) atoms. The number of carbonyl (C=O) groups excluding carboxylic acids is 1. The van der Waals surface area contributed by atoms with Crippen molar-refractivity contribution in [1.82, 2.24) is 10.5 Å². The molecule has 1 amide bonds. The molecule has 4 N–H and O–H groups in total. The number of benzene rings is 1. The molecule has 7 heteroatoms. The van der Waals surface area contributed by atoms with E-state index in [9.17, 15) is 4.79 Å². The third-order valence-electron chi connectivity index (χ3n) is 2.87. The van der Waals surface area contributed by atoms with Crippen LogP contribution in [0.15, 0.2) is 40.0 Å². The molecule has 7 nitrogen and oxygen atoms in total. The maximum Gasteiger partial charge on any atom is 0.224 e. The highest BCUT2D eigenvalue weighted by molar-refractivity contribution is 5.97. The van der Waals surface area contributed by atoms with Crippen LogP contribution in [0.5, 0.6) is 0 Å². The van der Waals surface area contributed by atoms with Crippen LogP contribution in [0.3, 0.4) is 0 Å². The van der Waals surface area contributed by atoms with Gasteiger partial charge >= 0.3 is 0 Å². The Hall–Kier alpha value is -2.83. The topological polar surface area (TPSA) is 114 Å². The molecule has 0 saturated heterocycles. The number of carbonyl (C=O) groups is 1. The number of amidine groups is 1. The van der Waals surface area contributed by atoms with Gasteiger partial charge in [-0.3, -0.25) is 4.79 Å². The van der Waals surface area contributed by atoms with E-state index in [0.717, 1.165) is 5.56 Å². The molecule has 0 saturated carbocycles. The van der Waals surface area contributed by atoms with E-state index in [0.29, 0.717) is 23.6 Å². The molecule has 0 spiro atoms. The molecule has 0 unspecified atom stereocenters. The molecule has 0 atom stereocenters. The largest absolute Gasteiger partial charge is 0.409 e. The molecule has 110 valence electrons. The second-order valence-corrected chi connectivity index (χ2v) is 4.56. The Morgan fingerprint density at radius 2 is 2.14 bits per heavy atom. The van der Waals surface area contributed by atoms with E-state index in [1.807, 2.05) is 0 Å². The minimum absolute atomic E-state index is 0.0346. The molecule has 2 aromatic rings. The lowest BCUT2D eigenvalue weighted by Crippen LogP contribution is -2.24. The fourth-order valence-corrected chi connectivity index (χ4v) is 1.79. The zero-order chi connectivity index (χ0) is 15.2. The van der Waals surface area contributed by atoms with Gasteiger partial charge in [0, 0.05) is 11.6 Å². The van der Waals surface area contributed by atoms with E-state index in [4.69, 9.17) is 15.5 Å². The van der Waals surface area contributed by atoms with Crippen molar-refractivity contribution in [1.29, 1.82) is 0 Å². The number of amides is 1. The van der Waals surface area contributed by atoms with E-state index in [1.165, 1.54) is 0 Å². The lowest BCUT2D eigenvalue weighted by atomic mass is 10.1. The first-order valence-electron chi connectivity index (χ1n) is 6.34. The summed E-state index contributed by atoms with van der Waals surface area (Å²) in [5.41, 5.74) is 7.58. The van der Waals surface area contributed by atoms with Gasteiger partial charge in [0.25, 0.3) is 0 Å². The highest BCUT2D eigenvalue weighted by Gasteiger charge is 2.06. The molecule has 0 radical (unpaired) electrons. The summed E-state index contributed by atoms with van der Waals surface area (Å²) in [6, 6.07) is 8.67. The fourth-order valence-electron chi connectivity index (χ4n) is 1.79. The monoisotopic (exact) mass is 288 g/mol. The molecule has 0 aliphatic carbocycles. The van der Waals surface area contributed by atoms with Crippen LogP contribution >= 0.6 is 0 Å². The van der Waals surface area contributed by atoms with Crippen molar-refractivity contribution in [2.24, 2.45) is 10.9 Å². The number of oxime groups is 1. The molecule has 0 aliphatic rings. The van der Waals surface area contributed by atoms with Crippen molar-refractivity contribution in [3.05, 3.63) is 52.9 Å². The zero-order valence-electron chi connectivity index (χ0n) is 11.5. The molecule has 1 heterocycles. The van der Waals surface area contributed by atoms with Crippen LogP contribution in [0.4, 0.5) is 0 Å². The van der Waals surface area contributed by atoms with Crippen molar-refractivity contribution in [2.45, 2.75) is 19.9 Å². The molecule has 2 rings (SSSR count). The third kappa shape index (κ3) is 4.07. The predicted octanol–water partition coefficient (Wildman–Crippen LogP) is 0.936. The van der Waals surface area contributed by atoms with Crippen molar-refractivity contribution < 1.29 is 14.5 Å². The van der Waals surface area contributed by atoms with Crippen LogP contribution < -0.4 is 11.1 Å². The van der Waals surface area contributed by atoms with Crippen molar-refractivity contribution >= 4 is 11.7 Å². The number of nitrogens with zero attached hydrogens (tertiary/aromatic N) is 2. The molecular formula is C14H16N4O3. The molecular weight excluding hydrogens is 272 g/mol. The Morgan fingerprint density at radius 1 is 1.43 bits per heavy atom. The van der Waals surface area contributed by atoms with Gasteiger partial charge in [0.2, 0.25) is 5.91 Å². The number of hydrogen-bond acceptors (Lipinski definition) is 5. The first kappa shape index (κ1) is 14.6. The third-order valence-corrected chi connectivity index (χ3v) is 2.87. The second kappa shape index (κ2) is 6.56. The molecule has 0 fully saturated rings. The molecule has 1 aromatic heterocycles. The summed E-state index contributed by atoms with van der Waals surface area (Å²) < 4.78 is 4.92. The number of hydrogen-bond donors (Lipinski definition) is 3. The van der Waals surface area contributed by atoms with Crippen LogP contribution in [0.1, 0.15) is 22.6 Å². The van der Waals surface area contributed by atoms with Gasteiger partial charge in [-0.05, 0) is 12.5 Å². The van der Waals surface area contributed by atoms with Crippen LogP contribution in [0.25, 0.3) is 0 Å². The van der Waals surface area contributed by atoms with Crippen molar-refractivity contribution in [3.63, 3.8) is 0 Å². The Morgan fingerprint density at radius 3 is 2.71 bits per heavy atom. The van der Waals surface area contributed by atoms with Crippen LogP contribution in [-0.2, 0) is 17.8 Å². The van der Waals surface area contributed by atoms with Crippen LogP contribution in [0.2, 0.25) is 0 Å². The van der Waals surface area contributed by atoms with Gasteiger partial charge in [0.15, 0.2) is 5.84 Å². The first-order chi connectivity index (χ1) is 10.1. The summed E-state index contributed by atoms with van der Waals surface area (Å²) in [4.78, 5) is 11.8. The summed E-state index contributed by atoms with van der Waals surface area (Å²) in [5.74, 6) is 0.623. The average Bonchev–Trinajstić information content (AvgIpc) is 2.91. The highest BCUT2D eigenvalue weighted by Crippen LogP contribution is 2.06. The number of rotatable bonds is 5. The Bertz CT molecular complexity index is 646.